The Morgan fingerprint density at radius 2 is 0.778 bits per heavy atom. The van der Waals surface area contributed by atoms with E-state index in [0.29, 0.717) is 0 Å². The number of unbranched alkanes of at least 4 members (excludes halogenated alkanes) is 15. The lowest BCUT2D eigenvalue weighted by Crippen LogP contribution is -3.00. The van der Waals surface area contributed by atoms with Gasteiger partial charge in [0.2, 0.25) is 0 Å². The van der Waals surface area contributed by atoms with Crippen molar-refractivity contribution < 1.29 is 31.7 Å². The molecule has 0 spiro atoms. The molecular weight excluding hydrogens is 402 g/mol. The van der Waals surface area contributed by atoms with Crippen LogP contribution in [0, 0.1) is 0 Å². The highest BCUT2D eigenvalue weighted by molar-refractivity contribution is 4.50. The average Bonchev–Trinajstić information content (AvgIpc) is 2.62. The Kier molecular flexibility index (Phi) is 24.8. The molecule has 0 amide bonds. The smallest absolute Gasteiger partial charge is 0.102 e. The highest BCUT2D eigenvalue weighted by atomic mass is 79.9. The zero-order valence-corrected chi connectivity index (χ0v) is 20.2. The molecule has 0 unspecified atom stereocenters. The molecule has 0 atom stereocenters. The Bertz CT molecular complexity index is 271. The van der Waals surface area contributed by atoms with Crippen LogP contribution in [-0.4, -0.2) is 54.6 Å². The van der Waals surface area contributed by atoms with Crippen LogP contribution < -0.4 is 17.0 Å². The van der Waals surface area contributed by atoms with Crippen LogP contribution in [0.1, 0.15) is 110 Å². The van der Waals surface area contributed by atoms with E-state index in [9.17, 15) is 0 Å². The van der Waals surface area contributed by atoms with Gasteiger partial charge in [-0.15, -0.1) is 0 Å². The predicted octanol–water partition coefficient (Wildman–Crippen LogP) is 2.68. The van der Waals surface area contributed by atoms with Gasteiger partial charge in [-0.25, -0.2) is 0 Å². The normalized spacial score (nSPS) is 11.6. The fraction of sp³-hybridized carbons (Fsp3) is 1.00. The highest BCUT2D eigenvalue weighted by Crippen LogP contribution is 2.14. The van der Waals surface area contributed by atoms with Crippen LogP contribution in [0.25, 0.3) is 0 Å². The van der Waals surface area contributed by atoms with Crippen molar-refractivity contribution in [3.63, 3.8) is 0 Å². The summed E-state index contributed by atoms with van der Waals surface area (Å²) in [6.07, 6.45) is 22.4. The lowest BCUT2D eigenvalue weighted by Gasteiger charge is -2.33. The number of likely N-dealkylation sites (N-methyl/N-ethyl adjacent to an activating group) is 1. The fourth-order valence-electron chi connectivity index (χ4n) is 3.86. The van der Waals surface area contributed by atoms with Crippen molar-refractivity contribution in [2.45, 2.75) is 110 Å². The van der Waals surface area contributed by atoms with E-state index in [0.717, 1.165) is 24.1 Å². The Hall–Kier alpha value is 0.360. The number of hydrogen-bond donors (Lipinski definition) is 2. The first-order chi connectivity index (χ1) is 12.7. The summed E-state index contributed by atoms with van der Waals surface area (Å²) in [6.45, 7) is 5.33. The van der Waals surface area contributed by atoms with E-state index >= 15 is 0 Å². The molecule has 27 heavy (non-hydrogen) atoms. The minimum Gasteiger partial charge on any atom is -1.00 e. The van der Waals surface area contributed by atoms with Crippen LogP contribution in [0.3, 0.4) is 0 Å². The van der Waals surface area contributed by atoms with E-state index in [-0.39, 0.29) is 30.2 Å². The van der Waals surface area contributed by atoms with Gasteiger partial charge in [-0.3, -0.25) is 0 Å². The van der Waals surface area contributed by atoms with Gasteiger partial charge in [0, 0.05) is 0 Å². The summed E-state index contributed by atoms with van der Waals surface area (Å²) in [4.78, 5) is 0. The lowest BCUT2D eigenvalue weighted by molar-refractivity contribution is -0.910. The van der Waals surface area contributed by atoms with Crippen LogP contribution >= 0.6 is 0 Å². The summed E-state index contributed by atoms with van der Waals surface area (Å²) < 4.78 is 0.811. The van der Waals surface area contributed by atoms with E-state index in [1.807, 2.05) is 0 Å². The standard InChI is InChI=1S/C23H50NO2.BrH/c1-3-4-5-6-7-8-9-10-11-12-13-14-15-16-17-18-19-24(2,20-22-25)21-23-26;/h25-26H,3-23H2,1-2H3;1H/q+1;/p-1. The van der Waals surface area contributed by atoms with E-state index in [1.165, 1.54) is 103 Å². The first kappa shape index (κ1) is 29.6. The summed E-state index contributed by atoms with van der Waals surface area (Å²) in [5.74, 6) is 0. The van der Waals surface area contributed by atoms with Crippen LogP contribution in [0.5, 0.6) is 0 Å². The molecule has 0 saturated heterocycles. The number of quaternary nitrogens is 1. The Labute approximate surface area is 181 Å². The van der Waals surface area contributed by atoms with Gasteiger partial charge in [-0.05, 0) is 12.8 Å². The molecule has 0 fully saturated rings. The molecule has 0 rings (SSSR count). The minimum atomic E-state index is 0. The van der Waals surface area contributed by atoms with Gasteiger partial charge in [0.25, 0.3) is 0 Å². The van der Waals surface area contributed by atoms with Crippen molar-refractivity contribution >= 4 is 0 Å². The van der Waals surface area contributed by atoms with Gasteiger partial charge in [0.15, 0.2) is 0 Å². The second-order valence-electron chi connectivity index (χ2n) is 8.54. The molecule has 0 aromatic rings. The number of nitrogens with zero attached hydrogens (tertiary/aromatic N) is 1. The topological polar surface area (TPSA) is 40.5 Å². The molecule has 0 bridgehead atoms. The molecule has 4 heteroatoms. The molecule has 2 N–H and O–H groups in total. The van der Waals surface area contributed by atoms with Crippen LogP contribution in [-0.2, 0) is 0 Å². The van der Waals surface area contributed by atoms with Crippen LogP contribution in [0.4, 0.5) is 0 Å². The van der Waals surface area contributed by atoms with Crippen molar-refractivity contribution in [1.82, 2.24) is 0 Å². The average molecular weight is 453 g/mol. The monoisotopic (exact) mass is 451 g/mol. The molecule has 0 heterocycles. The molecule has 0 aromatic heterocycles. The molecule has 0 radical (unpaired) electrons. The molecule has 0 aliphatic carbocycles. The molecule has 0 aliphatic rings. The number of halogens is 1. The van der Waals surface area contributed by atoms with Crippen molar-refractivity contribution in [3.05, 3.63) is 0 Å². The van der Waals surface area contributed by atoms with Crippen LogP contribution in [0.2, 0.25) is 0 Å². The first-order valence-electron chi connectivity index (χ1n) is 11.7. The van der Waals surface area contributed by atoms with Crippen molar-refractivity contribution in [3.8, 4) is 0 Å². The number of aliphatic hydroxyl groups excluding tert-OH is 2. The third-order valence-electron chi connectivity index (χ3n) is 5.83. The molecular formula is C23H50BrNO2. The van der Waals surface area contributed by atoms with Gasteiger partial charge in [-0.2, -0.15) is 0 Å². The maximum absolute atomic E-state index is 9.17. The molecule has 166 valence electrons. The summed E-state index contributed by atoms with van der Waals surface area (Å²) in [7, 11) is 2.15. The molecule has 3 nitrogen and oxygen atoms in total. The van der Waals surface area contributed by atoms with Gasteiger partial charge in [0.05, 0.1) is 26.8 Å². The summed E-state index contributed by atoms with van der Waals surface area (Å²) in [6, 6.07) is 0. The second-order valence-corrected chi connectivity index (χ2v) is 8.54. The maximum Gasteiger partial charge on any atom is 0.102 e. The molecule has 0 aliphatic heterocycles. The Morgan fingerprint density at radius 1 is 0.481 bits per heavy atom. The second kappa shape index (κ2) is 22.6. The highest BCUT2D eigenvalue weighted by Gasteiger charge is 2.19. The van der Waals surface area contributed by atoms with E-state index in [1.54, 1.807) is 0 Å². The summed E-state index contributed by atoms with van der Waals surface area (Å²) >= 11 is 0. The van der Waals surface area contributed by atoms with Crippen molar-refractivity contribution in [1.29, 1.82) is 0 Å². The predicted molar refractivity (Wildman–Crippen MR) is 115 cm³/mol. The van der Waals surface area contributed by atoms with Gasteiger partial charge in [-0.1, -0.05) is 96.8 Å². The largest absolute Gasteiger partial charge is 1.00 e. The quantitative estimate of drug-likeness (QED) is 0.208. The number of aliphatic hydroxyl groups is 2. The van der Waals surface area contributed by atoms with Crippen molar-refractivity contribution in [2.75, 3.05) is 39.9 Å². The summed E-state index contributed by atoms with van der Waals surface area (Å²) in [5, 5.41) is 18.3. The third kappa shape index (κ3) is 20.9. The van der Waals surface area contributed by atoms with Crippen LogP contribution in [0.15, 0.2) is 0 Å². The van der Waals surface area contributed by atoms with Crippen molar-refractivity contribution in [2.24, 2.45) is 0 Å². The maximum atomic E-state index is 9.17. The number of hydrogen-bond acceptors (Lipinski definition) is 2. The molecule has 0 aromatic carbocycles. The minimum absolute atomic E-state index is 0. The Balaban J connectivity index is 0. The van der Waals surface area contributed by atoms with Gasteiger partial charge in [0.1, 0.15) is 13.1 Å². The summed E-state index contributed by atoms with van der Waals surface area (Å²) in [5.41, 5.74) is 0. The zero-order chi connectivity index (χ0) is 19.3. The first-order valence-corrected chi connectivity index (χ1v) is 11.7. The molecule has 0 saturated carbocycles. The zero-order valence-electron chi connectivity index (χ0n) is 18.6. The fourth-order valence-corrected chi connectivity index (χ4v) is 3.86. The van der Waals surface area contributed by atoms with Gasteiger partial charge >= 0.3 is 0 Å². The third-order valence-corrected chi connectivity index (χ3v) is 5.83. The lowest BCUT2D eigenvalue weighted by atomic mass is 10.0. The Morgan fingerprint density at radius 3 is 1.07 bits per heavy atom. The number of rotatable bonds is 21. The SMILES string of the molecule is CCCCCCCCCCCCCCCCCC[N+](C)(CCO)CCO.[Br-]. The van der Waals surface area contributed by atoms with E-state index < -0.39 is 0 Å². The van der Waals surface area contributed by atoms with E-state index in [4.69, 9.17) is 10.2 Å². The van der Waals surface area contributed by atoms with E-state index in [2.05, 4.69) is 14.0 Å². The van der Waals surface area contributed by atoms with Gasteiger partial charge < -0.3 is 31.7 Å².